The fourth-order valence-electron chi connectivity index (χ4n) is 3.12. The Labute approximate surface area is 122 Å². The van der Waals surface area contributed by atoms with Gasteiger partial charge in [-0.15, -0.1) is 0 Å². The van der Waals surface area contributed by atoms with E-state index in [2.05, 4.69) is 0 Å². The number of hydrogen-bond donors (Lipinski definition) is 0. The minimum Gasteiger partial charge on any atom is -0.477 e. The highest BCUT2D eigenvalue weighted by molar-refractivity contribution is 6.00. The molecule has 1 heterocycles. The lowest BCUT2D eigenvalue weighted by Crippen LogP contribution is -2.22. The van der Waals surface area contributed by atoms with Gasteiger partial charge in [-0.25, -0.2) is 9.59 Å². The van der Waals surface area contributed by atoms with Gasteiger partial charge in [-0.2, -0.15) is 0 Å². The van der Waals surface area contributed by atoms with Crippen molar-refractivity contribution < 1.29 is 23.8 Å². The van der Waals surface area contributed by atoms with Crippen LogP contribution < -0.4 is 0 Å². The zero-order chi connectivity index (χ0) is 15.0. The van der Waals surface area contributed by atoms with Crippen LogP contribution in [0.4, 0.5) is 0 Å². The molecule has 0 fully saturated rings. The quantitative estimate of drug-likeness (QED) is 0.778. The highest BCUT2D eigenvalue weighted by Crippen LogP contribution is 2.48. The maximum atomic E-state index is 12.0. The van der Waals surface area contributed by atoms with Gasteiger partial charge in [0.2, 0.25) is 5.76 Å². The molecule has 0 bridgehead atoms. The van der Waals surface area contributed by atoms with Crippen molar-refractivity contribution >= 4 is 11.9 Å². The lowest BCUT2D eigenvalue weighted by molar-refractivity contribution is -0.142. The summed E-state index contributed by atoms with van der Waals surface area (Å²) in [6.07, 6.45) is 1.26. The highest BCUT2D eigenvalue weighted by atomic mass is 16.6. The van der Waals surface area contributed by atoms with Gasteiger partial charge in [-0.3, -0.25) is 0 Å². The van der Waals surface area contributed by atoms with Gasteiger partial charge >= 0.3 is 11.9 Å². The van der Waals surface area contributed by atoms with Crippen LogP contribution in [0.2, 0.25) is 0 Å². The zero-order valence-corrected chi connectivity index (χ0v) is 11.9. The first-order chi connectivity index (χ1) is 10.2. The number of carbonyl (C=O) groups is 2. The predicted octanol–water partition coefficient (Wildman–Crippen LogP) is 1.92. The molecule has 3 rings (SSSR count). The molecule has 0 saturated heterocycles. The van der Waals surface area contributed by atoms with Crippen molar-refractivity contribution in [3.8, 4) is 0 Å². The Morgan fingerprint density at radius 2 is 1.86 bits per heavy atom. The molecule has 1 aliphatic heterocycles. The van der Waals surface area contributed by atoms with Crippen LogP contribution in [0.1, 0.15) is 23.7 Å². The fraction of sp³-hybridized carbons (Fsp3) is 0.375. The summed E-state index contributed by atoms with van der Waals surface area (Å²) in [5.41, 5.74) is 2.51. The van der Waals surface area contributed by atoms with Crippen LogP contribution in [0.15, 0.2) is 35.6 Å². The third kappa shape index (κ3) is 2.09. The summed E-state index contributed by atoms with van der Waals surface area (Å²) in [6.45, 7) is 0. The standard InChI is InChI=1S/C16H16O5/c1-19-15(17)12-11-8-7-9-5-3-4-6-10(9)13(11)21-14(12)16(18)20-2/h3-6,11,13H,7-8H2,1-2H3/t11-,13-/m1/s1. The molecule has 0 N–H and O–H groups in total. The van der Waals surface area contributed by atoms with Gasteiger partial charge in [-0.05, 0) is 24.0 Å². The summed E-state index contributed by atoms with van der Waals surface area (Å²) in [4.78, 5) is 23.9. The van der Waals surface area contributed by atoms with Crippen LogP contribution in [0.5, 0.6) is 0 Å². The number of ether oxygens (including phenoxy) is 3. The molecule has 1 aromatic rings. The number of fused-ring (bicyclic) bond motifs is 3. The van der Waals surface area contributed by atoms with Crippen LogP contribution in [0, 0.1) is 5.92 Å². The van der Waals surface area contributed by atoms with Gasteiger partial charge in [0.15, 0.2) is 0 Å². The number of carbonyl (C=O) groups excluding carboxylic acids is 2. The van der Waals surface area contributed by atoms with Crippen LogP contribution >= 0.6 is 0 Å². The topological polar surface area (TPSA) is 61.8 Å². The lowest BCUT2D eigenvalue weighted by atomic mass is 9.78. The molecule has 1 aromatic carbocycles. The number of rotatable bonds is 2. The van der Waals surface area contributed by atoms with Gasteiger partial charge in [0.05, 0.1) is 19.8 Å². The van der Waals surface area contributed by atoms with E-state index in [9.17, 15) is 9.59 Å². The third-order valence-corrected chi connectivity index (χ3v) is 4.09. The van der Waals surface area contributed by atoms with E-state index in [1.54, 1.807) is 0 Å². The first-order valence-corrected chi connectivity index (χ1v) is 6.82. The van der Waals surface area contributed by atoms with Crippen LogP contribution in [0.3, 0.4) is 0 Å². The third-order valence-electron chi connectivity index (χ3n) is 4.09. The van der Waals surface area contributed by atoms with E-state index < -0.39 is 11.9 Å². The summed E-state index contributed by atoms with van der Waals surface area (Å²) in [7, 11) is 2.57. The van der Waals surface area contributed by atoms with Crippen molar-refractivity contribution in [3.63, 3.8) is 0 Å². The Kier molecular flexibility index (Phi) is 3.41. The monoisotopic (exact) mass is 288 g/mol. The minimum atomic E-state index is -0.637. The average molecular weight is 288 g/mol. The Hall–Kier alpha value is -2.30. The van der Waals surface area contributed by atoms with Crippen molar-refractivity contribution in [2.24, 2.45) is 5.92 Å². The van der Waals surface area contributed by atoms with E-state index in [1.165, 1.54) is 19.8 Å². The van der Waals surface area contributed by atoms with Gasteiger partial charge in [0, 0.05) is 5.92 Å². The molecule has 21 heavy (non-hydrogen) atoms. The molecule has 5 nitrogen and oxygen atoms in total. The normalized spacial score (nSPS) is 23.0. The van der Waals surface area contributed by atoms with Gasteiger partial charge in [-0.1, -0.05) is 24.3 Å². The number of benzene rings is 1. The number of hydrogen-bond acceptors (Lipinski definition) is 5. The molecular formula is C16H16O5. The number of methoxy groups -OCH3 is 2. The maximum Gasteiger partial charge on any atom is 0.373 e. The Morgan fingerprint density at radius 1 is 1.14 bits per heavy atom. The lowest BCUT2D eigenvalue weighted by Gasteiger charge is -2.28. The molecule has 0 aromatic heterocycles. The second-order valence-corrected chi connectivity index (χ2v) is 5.11. The molecule has 0 spiro atoms. The molecule has 110 valence electrons. The zero-order valence-electron chi connectivity index (χ0n) is 11.9. The van der Waals surface area contributed by atoms with Crippen LogP contribution in [0.25, 0.3) is 0 Å². The summed E-state index contributed by atoms with van der Waals surface area (Å²) in [5.74, 6) is -1.35. The van der Waals surface area contributed by atoms with Crippen LogP contribution in [-0.2, 0) is 30.2 Å². The summed E-state index contributed by atoms with van der Waals surface area (Å²) in [6, 6.07) is 7.92. The second-order valence-electron chi connectivity index (χ2n) is 5.11. The number of esters is 2. The molecular weight excluding hydrogens is 272 g/mol. The summed E-state index contributed by atoms with van der Waals surface area (Å²) >= 11 is 0. The second kappa shape index (κ2) is 5.24. The first-order valence-electron chi connectivity index (χ1n) is 6.82. The van der Waals surface area contributed by atoms with E-state index >= 15 is 0 Å². The van der Waals surface area contributed by atoms with Crippen molar-refractivity contribution in [2.75, 3.05) is 14.2 Å². The molecule has 2 aliphatic rings. The number of aryl methyl sites for hydroxylation is 1. The van der Waals surface area contributed by atoms with Crippen molar-refractivity contribution in [2.45, 2.75) is 18.9 Å². The Bertz CT molecular complexity index is 631. The molecule has 0 radical (unpaired) electrons. The van der Waals surface area contributed by atoms with Crippen LogP contribution in [-0.4, -0.2) is 26.2 Å². The fourth-order valence-corrected chi connectivity index (χ4v) is 3.12. The molecule has 0 amide bonds. The Morgan fingerprint density at radius 3 is 2.57 bits per heavy atom. The van der Waals surface area contributed by atoms with Gasteiger partial charge < -0.3 is 14.2 Å². The SMILES string of the molecule is COC(=O)C1=C(C(=O)OC)[C@H]2CCc3ccccc3[C@H]2O1. The van der Waals surface area contributed by atoms with Crippen molar-refractivity contribution in [1.29, 1.82) is 0 Å². The smallest absolute Gasteiger partial charge is 0.373 e. The minimum absolute atomic E-state index is 0.0175. The maximum absolute atomic E-state index is 12.0. The van der Waals surface area contributed by atoms with E-state index in [0.29, 0.717) is 5.57 Å². The largest absolute Gasteiger partial charge is 0.477 e. The van der Waals surface area contributed by atoms with E-state index in [4.69, 9.17) is 14.2 Å². The van der Waals surface area contributed by atoms with Crippen molar-refractivity contribution in [3.05, 3.63) is 46.7 Å². The molecule has 1 aliphatic carbocycles. The van der Waals surface area contributed by atoms with Gasteiger partial charge in [0.1, 0.15) is 6.10 Å². The molecule has 5 heteroatoms. The molecule has 0 unspecified atom stereocenters. The average Bonchev–Trinajstić information content (AvgIpc) is 2.93. The van der Waals surface area contributed by atoms with Crippen molar-refractivity contribution in [1.82, 2.24) is 0 Å². The van der Waals surface area contributed by atoms with Gasteiger partial charge in [0.25, 0.3) is 0 Å². The Balaban J connectivity index is 2.04. The predicted molar refractivity (Wildman–Crippen MR) is 73.1 cm³/mol. The summed E-state index contributed by atoms with van der Waals surface area (Å²) < 4.78 is 15.3. The molecule has 0 saturated carbocycles. The highest BCUT2D eigenvalue weighted by Gasteiger charge is 2.46. The summed E-state index contributed by atoms with van der Waals surface area (Å²) in [5, 5.41) is 0. The van der Waals surface area contributed by atoms with E-state index in [1.807, 2.05) is 24.3 Å². The van der Waals surface area contributed by atoms with E-state index in [-0.39, 0.29) is 17.8 Å². The van der Waals surface area contributed by atoms with E-state index in [0.717, 1.165) is 18.4 Å². The first kappa shape index (κ1) is 13.7. The molecule has 2 atom stereocenters.